The Bertz CT molecular complexity index is 645. The van der Waals surface area contributed by atoms with E-state index >= 15 is 0 Å². The lowest BCUT2D eigenvalue weighted by Crippen LogP contribution is -2.34. The molecule has 23 heavy (non-hydrogen) atoms. The minimum absolute atomic E-state index is 0.0265. The van der Waals surface area contributed by atoms with E-state index in [0.29, 0.717) is 0 Å². The van der Waals surface area contributed by atoms with Crippen molar-refractivity contribution >= 4 is 12.0 Å². The molecule has 3 nitrogen and oxygen atoms in total. The number of hydrogen-bond acceptors (Lipinski definition) is 2. The lowest BCUT2D eigenvalue weighted by atomic mass is 10.1. The van der Waals surface area contributed by atoms with Crippen molar-refractivity contribution in [1.82, 2.24) is 10.2 Å². The first-order chi connectivity index (χ1) is 11.0. The quantitative estimate of drug-likeness (QED) is 0.829. The molecule has 1 atom stereocenters. The van der Waals surface area contributed by atoms with Crippen LogP contribution in [-0.2, 0) is 4.79 Å². The Morgan fingerprint density at radius 2 is 1.74 bits per heavy atom. The van der Waals surface area contributed by atoms with Gasteiger partial charge in [0.1, 0.15) is 0 Å². The van der Waals surface area contributed by atoms with Crippen LogP contribution in [0.1, 0.15) is 22.7 Å². The number of benzene rings is 2. The molecule has 0 saturated carbocycles. The van der Waals surface area contributed by atoms with Gasteiger partial charge in [0.05, 0.1) is 6.04 Å². The number of nitrogens with zero attached hydrogens (tertiary/aromatic N) is 1. The standard InChI is InChI=1S/C20H24N2O/c1-16-9-11-17(12-10-16)13-14-20(23)21-19(15-22(2)3)18-7-5-4-6-8-18/h4-14,19H,15H2,1-3H3,(H,21,23)/b14-13+/t19-/m1/s1. The predicted molar refractivity (Wildman–Crippen MR) is 96.1 cm³/mol. The van der Waals surface area contributed by atoms with Gasteiger partial charge in [-0.05, 0) is 38.2 Å². The topological polar surface area (TPSA) is 32.3 Å². The summed E-state index contributed by atoms with van der Waals surface area (Å²) in [6.07, 6.45) is 3.43. The van der Waals surface area contributed by atoms with Gasteiger partial charge in [0.15, 0.2) is 0 Å². The first-order valence-corrected chi connectivity index (χ1v) is 7.79. The van der Waals surface area contributed by atoms with Gasteiger partial charge in [-0.2, -0.15) is 0 Å². The molecule has 0 aliphatic carbocycles. The number of rotatable bonds is 6. The SMILES string of the molecule is Cc1ccc(/C=C/C(=O)N[C@H](CN(C)C)c2ccccc2)cc1. The molecule has 0 aliphatic heterocycles. The van der Waals surface area contributed by atoms with E-state index in [4.69, 9.17) is 0 Å². The molecule has 2 rings (SSSR count). The summed E-state index contributed by atoms with van der Waals surface area (Å²) < 4.78 is 0. The molecule has 0 heterocycles. The van der Waals surface area contributed by atoms with Crippen LogP contribution in [0.15, 0.2) is 60.7 Å². The summed E-state index contributed by atoms with van der Waals surface area (Å²) in [4.78, 5) is 14.3. The molecule has 0 radical (unpaired) electrons. The van der Waals surface area contributed by atoms with Crippen LogP contribution in [0.2, 0.25) is 0 Å². The lowest BCUT2D eigenvalue weighted by Gasteiger charge is -2.22. The normalized spacial score (nSPS) is 12.5. The second kappa shape index (κ2) is 8.30. The average molecular weight is 308 g/mol. The highest BCUT2D eigenvalue weighted by molar-refractivity contribution is 5.92. The van der Waals surface area contributed by atoms with Crippen molar-refractivity contribution in [3.63, 3.8) is 0 Å². The van der Waals surface area contributed by atoms with E-state index in [2.05, 4.69) is 10.2 Å². The summed E-state index contributed by atoms with van der Waals surface area (Å²) in [6, 6.07) is 18.1. The van der Waals surface area contributed by atoms with Gasteiger partial charge in [0, 0.05) is 12.6 Å². The average Bonchev–Trinajstić information content (AvgIpc) is 2.54. The van der Waals surface area contributed by atoms with Gasteiger partial charge in [-0.25, -0.2) is 0 Å². The molecule has 120 valence electrons. The first kappa shape index (κ1) is 17.0. The van der Waals surface area contributed by atoms with Crippen LogP contribution >= 0.6 is 0 Å². The first-order valence-electron chi connectivity index (χ1n) is 7.79. The van der Waals surface area contributed by atoms with Crippen molar-refractivity contribution in [3.05, 3.63) is 77.4 Å². The van der Waals surface area contributed by atoms with Crippen molar-refractivity contribution < 1.29 is 4.79 Å². The van der Waals surface area contributed by atoms with Crippen molar-refractivity contribution in [2.24, 2.45) is 0 Å². The van der Waals surface area contributed by atoms with Crippen LogP contribution in [0.3, 0.4) is 0 Å². The molecule has 0 aromatic heterocycles. The highest BCUT2D eigenvalue weighted by atomic mass is 16.1. The highest BCUT2D eigenvalue weighted by Crippen LogP contribution is 2.13. The molecule has 1 N–H and O–H groups in total. The zero-order valence-electron chi connectivity index (χ0n) is 14.0. The number of amides is 1. The van der Waals surface area contributed by atoms with Crippen LogP contribution in [0.4, 0.5) is 0 Å². The Hall–Kier alpha value is -2.39. The fourth-order valence-electron chi connectivity index (χ4n) is 2.35. The second-order valence-electron chi connectivity index (χ2n) is 5.98. The van der Waals surface area contributed by atoms with E-state index in [0.717, 1.165) is 17.7 Å². The van der Waals surface area contributed by atoms with Gasteiger partial charge in [0.25, 0.3) is 0 Å². The van der Waals surface area contributed by atoms with Gasteiger partial charge in [-0.15, -0.1) is 0 Å². The van der Waals surface area contributed by atoms with Gasteiger partial charge in [-0.1, -0.05) is 60.2 Å². The van der Waals surface area contributed by atoms with Crippen LogP contribution in [0.25, 0.3) is 6.08 Å². The van der Waals surface area contributed by atoms with Crippen LogP contribution in [0, 0.1) is 6.92 Å². The number of likely N-dealkylation sites (N-methyl/N-ethyl adjacent to an activating group) is 1. The van der Waals surface area contributed by atoms with E-state index in [1.165, 1.54) is 5.56 Å². The third-order valence-electron chi connectivity index (χ3n) is 3.57. The van der Waals surface area contributed by atoms with Crippen molar-refractivity contribution in [2.75, 3.05) is 20.6 Å². The Labute approximate surface area is 138 Å². The number of nitrogens with one attached hydrogen (secondary N) is 1. The fraction of sp³-hybridized carbons (Fsp3) is 0.250. The molecule has 2 aromatic carbocycles. The van der Waals surface area contributed by atoms with E-state index in [9.17, 15) is 4.79 Å². The maximum Gasteiger partial charge on any atom is 0.244 e. The molecule has 0 unspecified atom stereocenters. The van der Waals surface area contributed by atoms with Crippen LogP contribution in [0.5, 0.6) is 0 Å². The molecule has 0 spiro atoms. The molecule has 0 saturated heterocycles. The van der Waals surface area contributed by atoms with Gasteiger partial charge >= 0.3 is 0 Å². The summed E-state index contributed by atoms with van der Waals surface area (Å²) in [5, 5.41) is 3.08. The number of carbonyl (C=O) groups is 1. The molecular formula is C20H24N2O. The summed E-state index contributed by atoms with van der Waals surface area (Å²) in [7, 11) is 4.01. The molecule has 1 amide bonds. The molecular weight excluding hydrogens is 284 g/mol. The maximum atomic E-state index is 12.2. The molecule has 0 aliphatic rings. The van der Waals surface area contributed by atoms with Gasteiger partial charge in [-0.3, -0.25) is 4.79 Å². The Morgan fingerprint density at radius 1 is 1.09 bits per heavy atom. The van der Waals surface area contributed by atoms with Crippen LogP contribution < -0.4 is 5.32 Å². The molecule has 3 heteroatoms. The van der Waals surface area contributed by atoms with Crippen molar-refractivity contribution in [1.29, 1.82) is 0 Å². The lowest BCUT2D eigenvalue weighted by molar-refractivity contribution is -0.117. The van der Waals surface area contributed by atoms with Crippen molar-refractivity contribution in [3.8, 4) is 0 Å². The van der Waals surface area contributed by atoms with Gasteiger partial charge < -0.3 is 10.2 Å². The largest absolute Gasteiger partial charge is 0.344 e. The molecule has 0 bridgehead atoms. The third kappa shape index (κ3) is 5.72. The number of carbonyl (C=O) groups excluding carboxylic acids is 1. The monoisotopic (exact) mass is 308 g/mol. The zero-order chi connectivity index (χ0) is 16.7. The molecule has 2 aromatic rings. The summed E-state index contributed by atoms with van der Waals surface area (Å²) in [5.41, 5.74) is 3.34. The van der Waals surface area contributed by atoms with Gasteiger partial charge in [0.2, 0.25) is 5.91 Å². The third-order valence-corrected chi connectivity index (χ3v) is 3.57. The molecule has 0 fully saturated rings. The highest BCUT2D eigenvalue weighted by Gasteiger charge is 2.13. The minimum Gasteiger partial charge on any atom is -0.344 e. The van der Waals surface area contributed by atoms with E-state index in [1.807, 2.05) is 81.7 Å². The Kier molecular flexibility index (Phi) is 6.12. The summed E-state index contributed by atoms with van der Waals surface area (Å²) in [6.45, 7) is 2.81. The van der Waals surface area contributed by atoms with Crippen LogP contribution in [-0.4, -0.2) is 31.4 Å². The van der Waals surface area contributed by atoms with Crippen molar-refractivity contribution in [2.45, 2.75) is 13.0 Å². The Balaban J connectivity index is 2.04. The predicted octanol–water partition coefficient (Wildman–Crippen LogP) is 3.43. The maximum absolute atomic E-state index is 12.2. The summed E-state index contributed by atoms with van der Waals surface area (Å²) >= 11 is 0. The van der Waals surface area contributed by atoms with E-state index in [1.54, 1.807) is 6.08 Å². The fourth-order valence-corrected chi connectivity index (χ4v) is 2.35. The Morgan fingerprint density at radius 3 is 2.35 bits per heavy atom. The second-order valence-corrected chi connectivity index (χ2v) is 5.98. The van der Waals surface area contributed by atoms with E-state index in [-0.39, 0.29) is 11.9 Å². The smallest absolute Gasteiger partial charge is 0.244 e. The minimum atomic E-state index is -0.0821. The number of hydrogen-bond donors (Lipinski definition) is 1. The summed E-state index contributed by atoms with van der Waals surface area (Å²) in [5.74, 6) is -0.0821. The van der Waals surface area contributed by atoms with E-state index < -0.39 is 0 Å². The number of aryl methyl sites for hydroxylation is 1. The zero-order valence-corrected chi connectivity index (χ0v) is 14.0.